The lowest BCUT2D eigenvalue weighted by Crippen LogP contribution is -2.23. The van der Waals surface area contributed by atoms with E-state index >= 15 is 0 Å². The van der Waals surface area contributed by atoms with E-state index < -0.39 is 24.5 Å². The standard InChI is InChI=1S/C13H14F3N3O2/c14-13(15,16)11-5-9(18-6-10(21)7-20)1-2-12(11)19-4-3-17-8-19/h1-5,8,10,18,20-21H,6-7H2. The topological polar surface area (TPSA) is 70.3 Å². The highest BCUT2D eigenvalue weighted by Gasteiger charge is 2.34. The Morgan fingerprint density at radius 1 is 1.33 bits per heavy atom. The number of imidazole rings is 1. The van der Waals surface area contributed by atoms with Crippen molar-refractivity contribution < 1.29 is 23.4 Å². The minimum atomic E-state index is -4.52. The van der Waals surface area contributed by atoms with Crippen molar-refractivity contribution in [3.8, 4) is 5.69 Å². The van der Waals surface area contributed by atoms with Crippen molar-refractivity contribution in [3.63, 3.8) is 0 Å². The fourth-order valence-electron chi connectivity index (χ4n) is 1.80. The maximum absolute atomic E-state index is 13.1. The number of halogens is 3. The van der Waals surface area contributed by atoms with E-state index in [2.05, 4.69) is 10.3 Å². The minimum absolute atomic E-state index is 0.0340. The minimum Gasteiger partial charge on any atom is -0.394 e. The highest BCUT2D eigenvalue weighted by molar-refractivity contribution is 5.55. The molecular weight excluding hydrogens is 287 g/mol. The van der Waals surface area contributed by atoms with Gasteiger partial charge in [0.15, 0.2) is 0 Å². The monoisotopic (exact) mass is 301 g/mol. The van der Waals surface area contributed by atoms with Crippen LogP contribution in [0.3, 0.4) is 0 Å². The van der Waals surface area contributed by atoms with Crippen molar-refractivity contribution in [1.82, 2.24) is 9.55 Å². The third-order valence-electron chi connectivity index (χ3n) is 2.84. The summed E-state index contributed by atoms with van der Waals surface area (Å²) in [5.41, 5.74) is -0.643. The summed E-state index contributed by atoms with van der Waals surface area (Å²) in [6, 6.07) is 3.74. The van der Waals surface area contributed by atoms with Gasteiger partial charge in [-0.2, -0.15) is 13.2 Å². The number of benzene rings is 1. The molecule has 0 fully saturated rings. The van der Waals surface area contributed by atoms with Crippen molar-refractivity contribution in [3.05, 3.63) is 42.5 Å². The Morgan fingerprint density at radius 2 is 2.10 bits per heavy atom. The predicted molar refractivity (Wildman–Crippen MR) is 70.1 cm³/mol. The average molecular weight is 301 g/mol. The Kier molecular flexibility index (Phi) is 4.49. The lowest BCUT2D eigenvalue weighted by molar-refractivity contribution is -0.137. The Balaban J connectivity index is 2.32. The predicted octanol–water partition coefficient (Wildman–Crippen LogP) is 1.66. The molecule has 1 unspecified atom stereocenters. The van der Waals surface area contributed by atoms with Gasteiger partial charge in [0.05, 0.1) is 30.3 Å². The van der Waals surface area contributed by atoms with E-state index in [1.165, 1.54) is 35.4 Å². The average Bonchev–Trinajstić information content (AvgIpc) is 2.97. The summed E-state index contributed by atoms with van der Waals surface area (Å²) in [6.07, 6.45) is -1.45. The molecule has 1 heterocycles. The Labute approximate surface area is 118 Å². The van der Waals surface area contributed by atoms with Gasteiger partial charge in [-0.1, -0.05) is 0 Å². The zero-order valence-electron chi connectivity index (χ0n) is 10.9. The molecule has 114 valence electrons. The van der Waals surface area contributed by atoms with Crippen LogP contribution in [-0.4, -0.2) is 39.0 Å². The molecule has 0 bridgehead atoms. The fourth-order valence-corrected chi connectivity index (χ4v) is 1.80. The molecule has 0 saturated carbocycles. The quantitative estimate of drug-likeness (QED) is 0.785. The lowest BCUT2D eigenvalue weighted by Gasteiger charge is -2.16. The zero-order chi connectivity index (χ0) is 15.5. The van der Waals surface area contributed by atoms with E-state index in [1.807, 2.05) is 0 Å². The van der Waals surface area contributed by atoms with Gasteiger partial charge in [-0.3, -0.25) is 0 Å². The highest BCUT2D eigenvalue weighted by atomic mass is 19.4. The number of anilines is 1. The Bertz CT molecular complexity index is 585. The van der Waals surface area contributed by atoms with Gasteiger partial charge in [-0.25, -0.2) is 4.98 Å². The maximum Gasteiger partial charge on any atom is 0.418 e. The van der Waals surface area contributed by atoms with Crippen molar-refractivity contribution in [2.45, 2.75) is 12.3 Å². The molecule has 0 aliphatic heterocycles. The fraction of sp³-hybridized carbons (Fsp3) is 0.308. The largest absolute Gasteiger partial charge is 0.418 e. The lowest BCUT2D eigenvalue weighted by atomic mass is 10.1. The van der Waals surface area contributed by atoms with Gasteiger partial charge in [0.1, 0.15) is 0 Å². The summed E-state index contributed by atoms with van der Waals surface area (Å²) in [4.78, 5) is 3.73. The number of nitrogens with one attached hydrogen (secondary N) is 1. The molecule has 0 amide bonds. The Morgan fingerprint density at radius 3 is 2.67 bits per heavy atom. The van der Waals surface area contributed by atoms with Crippen LogP contribution in [0.2, 0.25) is 0 Å². The molecule has 21 heavy (non-hydrogen) atoms. The van der Waals surface area contributed by atoms with Crippen LogP contribution in [0.4, 0.5) is 18.9 Å². The molecule has 0 aliphatic rings. The Hall–Kier alpha value is -2.06. The van der Waals surface area contributed by atoms with E-state index in [4.69, 9.17) is 5.11 Å². The number of aliphatic hydroxyl groups is 2. The maximum atomic E-state index is 13.1. The first-order valence-corrected chi connectivity index (χ1v) is 6.14. The van der Waals surface area contributed by atoms with Gasteiger partial charge in [-0.15, -0.1) is 0 Å². The molecule has 0 spiro atoms. The van der Waals surface area contributed by atoms with E-state index in [9.17, 15) is 18.3 Å². The molecule has 0 aliphatic carbocycles. The van der Waals surface area contributed by atoms with Crippen LogP contribution in [0.25, 0.3) is 5.69 Å². The molecule has 8 heteroatoms. The second-order valence-corrected chi connectivity index (χ2v) is 4.42. The van der Waals surface area contributed by atoms with Gasteiger partial charge < -0.3 is 20.1 Å². The van der Waals surface area contributed by atoms with Crippen LogP contribution in [-0.2, 0) is 6.18 Å². The molecule has 0 radical (unpaired) electrons. The van der Waals surface area contributed by atoms with Crippen LogP contribution >= 0.6 is 0 Å². The molecule has 0 saturated heterocycles. The summed E-state index contributed by atoms with van der Waals surface area (Å²) < 4.78 is 40.7. The molecule has 1 aromatic heterocycles. The van der Waals surface area contributed by atoms with Crippen molar-refractivity contribution in [2.24, 2.45) is 0 Å². The number of aliphatic hydroxyl groups excluding tert-OH is 2. The molecule has 2 aromatic rings. The van der Waals surface area contributed by atoms with Crippen molar-refractivity contribution >= 4 is 5.69 Å². The normalized spacial score (nSPS) is 13.2. The van der Waals surface area contributed by atoms with Crippen LogP contribution in [0.1, 0.15) is 5.56 Å². The van der Waals surface area contributed by atoms with E-state index in [0.29, 0.717) is 0 Å². The van der Waals surface area contributed by atoms with Crippen LogP contribution < -0.4 is 5.32 Å². The van der Waals surface area contributed by atoms with Gasteiger partial charge in [0.25, 0.3) is 0 Å². The second kappa shape index (κ2) is 6.15. The van der Waals surface area contributed by atoms with E-state index in [1.54, 1.807) is 0 Å². The number of rotatable bonds is 5. The summed E-state index contributed by atoms with van der Waals surface area (Å²) >= 11 is 0. The number of hydrogen-bond acceptors (Lipinski definition) is 4. The summed E-state index contributed by atoms with van der Waals surface area (Å²) in [7, 11) is 0. The first-order valence-electron chi connectivity index (χ1n) is 6.14. The first kappa shape index (κ1) is 15.3. The first-order chi connectivity index (χ1) is 9.91. The van der Waals surface area contributed by atoms with Crippen LogP contribution in [0.5, 0.6) is 0 Å². The molecule has 5 nitrogen and oxygen atoms in total. The SMILES string of the molecule is OCC(O)CNc1ccc(-n2ccnc2)c(C(F)(F)F)c1. The third kappa shape index (κ3) is 3.73. The van der Waals surface area contributed by atoms with Crippen molar-refractivity contribution in [2.75, 3.05) is 18.5 Å². The van der Waals surface area contributed by atoms with E-state index in [0.717, 1.165) is 6.07 Å². The van der Waals surface area contributed by atoms with Crippen LogP contribution in [0.15, 0.2) is 36.9 Å². The second-order valence-electron chi connectivity index (χ2n) is 4.42. The van der Waals surface area contributed by atoms with Crippen molar-refractivity contribution in [1.29, 1.82) is 0 Å². The smallest absolute Gasteiger partial charge is 0.394 e. The molecule has 2 rings (SSSR count). The summed E-state index contributed by atoms with van der Waals surface area (Å²) in [5.74, 6) is 0. The molecule has 1 atom stereocenters. The summed E-state index contributed by atoms with van der Waals surface area (Å²) in [5, 5.41) is 20.5. The number of nitrogens with zero attached hydrogens (tertiary/aromatic N) is 2. The molecule has 3 N–H and O–H groups in total. The van der Waals surface area contributed by atoms with Crippen LogP contribution in [0, 0.1) is 0 Å². The highest BCUT2D eigenvalue weighted by Crippen LogP contribution is 2.35. The zero-order valence-corrected chi connectivity index (χ0v) is 10.9. The number of alkyl halides is 3. The summed E-state index contributed by atoms with van der Waals surface area (Å²) in [6.45, 7) is -0.509. The molecule has 1 aromatic carbocycles. The number of aromatic nitrogens is 2. The van der Waals surface area contributed by atoms with E-state index in [-0.39, 0.29) is 17.9 Å². The number of hydrogen-bond donors (Lipinski definition) is 3. The third-order valence-corrected chi connectivity index (χ3v) is 2.84. The molecular formula is C13H14F3N3O2. The van der Waals surface area contributed by atoms with Gasteiger partial charge >= 0.3 is 6.18 Å². The van der Waals surface area contributed by atoms with Gasteiger partial charge in [-0.05, 0) is 18.2 Å². The van der Waals surface area contributed by atoms with Gasteiger partial charge in [0, 0.05) is 24.6 Å². The van der Waals surface area contributed by atoms with Gasteiger partial charge in [0.2, 0.25) is 0 Å².